The predicted octanol–water partition coefficient (Wildman–Crippen LogP) is 2.57. The molecule has 0 aliphatic carbocycles. The topological polar surface area (TPSA) is 12.0 Å². The molecule has 0 radical (unpaired) electrons. The molecule has 1 aliphatic heterocycles. The molecular formula is C10H21N. The average Bonchev–Trinajstić information content (AvgIpc) is 1.95. The first kappa shape index (κ1) is 9.05. The number of nitrogens with one attached hydrogen (secondary N) is 1. The molecule has 1 N–H and O–H groups in total. The van der Waals surface area contributed by atoms with E-state index < -0.39 is 0 Å². The molecule has 1 rings (SSSR count). The van der Waals surface area contributed by atoms with Crippen molar-refractivity contribution >= 4 is 0 Å². The van der Waals surface area contributed by atoms with Gasteiger partial charge in [-0.15, -0.1) is 0 Å². The van der Waals surface area contributed by atoms with Crippen LogP contribution in [-0.2, 0) is 0 Å². The molecular weight excluding hydrogens is 134 g/mol. The van der Waals surface area contributed by atoms with Crippen molar-refractivity contribution in [3.8, 4) is 0 Å². The van der Waals surface area contributed by atoms with Crippen LogP contribution in [0.2, 0.25) is 0 Å². The third-order valence-electron chi connectivity index (χ3n) is 2.84. The van der Waals surface area contributed by atoms with Crippen molar-refractivity contribution in [2.24, 2.45) is 5.41 Å². The lowest BCUT2D eigenvalue weighted by Gasteiger charge is -2.43. The summed E-state index contributed by atoms with van der Waals surface area (Å²) in [4.78, 5) is 0. The molecule has 0 bridgehead atoms. The van der Waals surface area contributed by atoms with Gasteiger partial charge in [0.25, 0.3) is 0 Å². The van der Waals surface area contributed by atoms with Crippen LogP contribution in [0.4, 0.5) is 0 Å². The molecule has 0 spiro atoms. The summed E-state index contributed by atoms with van der Waals surface area (Å²) in [6.45, 7) is 7.14. The summed E-state index contributed by atoms with van der Waals surface area (Å²) in [5, 5.41) is 3.40. The zero-order valence-corrected chi connectivity index (χ0v) is 7.95. The van der Waals surface area contributed by atoms with Crippen LogP contribution in [-0.4, -0.2) is 13.1 Å². The normalized spacial score (nSPS) is 21.3. The van der Waals surface area contributed by atoms with Crippen LogP contribution in [0, 0.1) is 5.41 Å². The monoisotopic (exact) mass is 155 g/mol. The Morgan fingerprint density at radius 1 is 1.09 bits per heavy atom. The summed E-state index contributed by atoms with van der Waals surface area (Å²) in [5.41, 5.74) is 0.713. The van der Waals surface area contributed by atoms with Crippen LogP contribution in [0.1, 0.15) is 46.0 Å². The summed E-state index contributed by atoms with van der Waals surface area (Å²) in [6, 6.07) is 0. The SMILES string of the molecule is CCCCC1(CCC)CNC1. The molecule has 0 aromatic carbocycles. The van der Waals surface area contributed by atoms with Gasteiger partial charge in [-0.05, 0) is 18.3 Å². The Morgan fingerprint density at radius 3 is 2.18 bits per heavy atom. The van der Waals surface area contributed by atoms with Gasteiger partial charge < -0.3 is 5.32 Å². The molecule has 1 fully saturated rings. The molecule has 1 heteroatoms. The smallest absolute Gasteiger partial charge is 0.00202 e. The molecule has 11 heavy (non-hydrogen) atoms. The first-order chi connectivity index (χ1) is 5.33. The van der Waals surface area contributed by atoms with Crippen LogP contribution in [0.15, 0.2) is 0 Å². The summed E-state index contributed by atoms with van der Waals surface area (Å²) in [7, 11) is 0. The van der Waals surface area contributed by atoms with E-state index in [9.17, 15) is 0 Å². The highest BCUT2D eigenvalue weighted by atomic mass is 15.0. The minimum atomic E-state index is 0.713. The van der Waals surface area contributed by atoms with Gasteiger partial charge in [-0.1, -0.05) is 33.1 Å². The first-order valence-corrected chi connectivity index (χ1v) is 5.04. The summed E-state index contributed by atoms with van der Waals surface area (Å²) < 4.78 is 0. The van der Waals surface area contributed by atoms with E-state index in [4.69, 9.17) is 0 Å². The van der Waals surface area contributed by atoms with Crippen molar-refractivity contribution in [1.29, 1.82) is 0 Å². The van der Waals surface area contributed by atoms with E-state index in [-0.39, 0.29) is 0 Å². The lowest BCUT2D eigenvalue weighted by molar-refractivity contribution is 0.133. The Morgan fingerprint density at radius 2 is 1.82 bits per heavy atom. The highest BCUT2D eigenvalue weighted by Gasteiger charge is 2.34. The van der Waals surface area contributed by atoms with E-state index in [1.165, 1.54) is 45.2 Å². The molecule has 0 aromatic heterocycles. The lowest BCUT2D eigenvalue weighted by Crippen LogP contribution is -2.53. The molecule has 1 saturated heterocycles. The van der Waals surface area contributed by atoms with Crippen LogP contribution < -0.4 is 5.32 Å². The van der Waals surface area contributed by atoms with Gasteiger partial charge in [0.05, 0.1) is 0 Å². The van der Waals surface area contributed by atoms with Crippen molar-refractivity contribution in [2.45, 2.75) is 46.0 Å². The van der Waals surface area contributed by atoms with Gasteiger partial charge in [0, 0.05) is 13.1 Å². The van der Waals surface area contributed by atoms with Gasteiger partial charge >= 0.3 is 0 Å². The fourth-order valence-electron chi connectivity index (χ4n) is 2.04. The molecule has 0 unspecified atom stereocenters. The van der Waals surface area contributed by atoms with Gasteiger partial charge in [0.15, 0.2) is 0 Å². The molecule has 1 heterocycles. The minimum absolute atomic E-state index is 0.713. The van der Waals surface area contributed by atoms with Crippen LogP contribution in [0.5, 0.6) is 0 Å². The van der Waals surface area contributed by atoms with Crippen LogP contribution >= 0.6 is 0 Å². The average molecular weight is 155 g/mol. The Labute approximate surface area is 70.6 Å². The third-order valence-corrected chi connectivity index (χ3v) is 2.84. The zero-order valence-electron chi connectivity index (χ0n) is 7.95. The number of rotatable bonds is 5. The van der Waals surface area contributed by atoms with Crippen molar-refractivity contribution in [3.63, 3.8) is 0 Å². The minimum Gasteiger partial charge on any atom is -0.316 e. The third kappa shape index (κ3) is 2.19. The summed E-state index contributed by atoms with van der Waals surface area (Å²) in [6.07, 6.45) is 7.00. The molecule has 0 saturated carbocycles. The maximum absolute atomic E-state index is 3.40. The fraction of sp³-hybridized carbons (Fsp3) is 1.00. The Balaban J connectivity index is 2.22. The van der Waals surface area contributed by atoms with Crippen molar-refractivity contribution < 1.29 is 0 Å². The standard InChI is InChI=1S/C10H21N/c1-3-5-7-10(6-4-2)8-11-9-10/h11H,3-9H2,1-2H3. The quantitative estimate of drug-likeness (QED) is 0.643. The molecule has 0 amide bonds. The maximum atomic E-state index is 3.40. The molecule has 1 aliphatic rings. The largest absolute Gasteiger partial charge is 0.316 e. The predicted molar refractivity (Wildman–Crippen MR) is 49.7 cm³/mol. The lowest BCUT2D eigenvalue weighted by atomic mass is 9.74. The molecule has 0 aromatic rings. The second kappa shape index (κ2) is 4.10. The number of hydrogen-bond donors (Lipinski definition) is 1. The highest BCUT2D eigenvalue weighted by Crippen LogP contribution is 2.33. The first-order valence-electron chi connectivity index (χ1n) is 5.04. The Kier molecular flexibility index (Phi) is 3.38. The number of unbranched alkanes of at least 4 members (excludes halogenated alkanes) is 1. The molecule has 66 valence electrons. The molecule has 1 nitrogen and oxygen atoms in total. The van der Waals surface area contributed by atoms with E-state index in [1.54, 1.807) is 0 Å². The fourth-order valence-corrected chi connectivity index (χ4v) is 2.04. The second-order valence-electron chi connectivity index (χ2n) is 3.96. The maximum Gasteiger partial charge on any atom is 0.00202 e. The molecule has 0 atom stereocenters. The summed E-state index contributed by atoms with van der Waals surface area (Å²) >= 11 is 0. The number of hydrogen-bond acceptors (Lipinski definition) is 1. The zero-order chi connectivity index (χ0) is 8.16. The van der Waals surface area contributed by atoms with Gasteiger partial charge in [0.2, 0.25) is 0 Å². The highest BCUT2D eigenvalue weighted by molar-refractivity contribution is 4.91. The van der Waals surface area contributed by atoms with E-state index in [0.717, 1.165) is 0 Å². The van der Waals surface area contributed by atoms with Crippen molar-refractivity contribution in [1.82, 2.24) is 5.32 Å². The van der Waals surface area contributed by atoms with Crippen LogP contribution in [0.3, 0.4) is 0 Å². The van der Waals surface area contributed by atoms with E-state index in [1.807, 2.05) is 0 Å². The van der Waals surface area contributed by atoms with Gasteiger partial charge in [-0.25, -0.2) is 0 Å². The Hall–Kier alpha value is -0.0400. The second-order valence-corrected chi connectivity index (χ2v) is 3.96. The summed E-state index contributed by atoms with van der Waals surface area (Å²) in [5.74, 6) is 0. The van der Waals surface area contributed by atoms with Gasteiger partial charge in [0.1, 0.15) is 0 Å². The Bertz CT molecular complexity index is 105. The van der Waals surface area contributed by atoms with Gasteiger partial charge in [-0.3, -0.25) is 0 Å². The van der Waals surface area contributed by atoms with E-state index in [0.29, 0.717) is 5.41 Å². The van der Waals surface area contributed by atoms with E-state index in [2.05, 4.69) is 19.2 Å². The van der Waals surface area contributed by atoms with Gasteiger partial charge in [-0.2, -0.15) is 0 Å². The van der Waals surface area contributed by atoms with Crippen LogP contribution in [0.25, 0.3) is 0 Å². The van der Waals surface area contributed by atoms with Crippen molar-refractivity contribution in [2.75, 3.05) is 13.1 Å². The van der Waals surface area contributed by atoms with Crippen molar-refractivity contribution in [3.05, 3.63) is 0 Å². The van der Waals surface area contributed by atoms with E-state index >= 15 is 0 Å².